The highest BCUT2D eigenvalue weighted by molar-refractivity contribution is 6.36. The lowest BCUT2D eigenvalue weighted by molar-refractivity contribution is -0.139. The van der Waals surface area contributed by atoms with Crippen LogP contribution in [0.2, 0.25) is 10.0 Å². The van der Waals surface area contributed by atoms with Gasteiger partial charge >= 0.3 is 5.97 Å². The van der Waals surface area contributed by atoms with E-state index in [-0.39, 0.29) is 18.6 Å². The molecule has 1 fully saturated rings. The fourth-order valence-corrected chi connectivity index (χ4v) is 3.53. The molecule has 0 aliphatic heterocycles. The summed E-state index contributed by atoms with van der Waals surface area (Å²) in [6.45, 7) is 0. The van der Waals surface area contributed by atoms with Crippen LogP contribution >= 0.6 is 23.2 Å². The van der Waals surface area contributed by atoms with Crippen molar-refractivity contribution in [3.05, 3.63) is 33.8 Å². The van der Waals surface area contributed by atoms with Crippen molar-refractivity contribution in [2.45, 2.75) is 38.5 Å². The Labute approximate surface area is 127 Å². The average Bonchev–Trinajstić information content (AvgIpc) is 2.75. The molecule has 1 saturated carbocycles. The number of benzene rings is 1. The number of carboxylic acids is 1. The highest BCUT2D eigenvalue weighted by Gasteiger charge is 2.38. The quantitative estimate of drug-likeness (QED) is 0.808. The second-order valence-corrected chi connectivity index (χ2v) is 6.35. The van der Waals surface area contributed by atoms with Crippen molar-refractivity contribution >= 4 is 35.0 Å². The van der Waals surface area contributed by atoms with E-state index in [2.05, 4.69) is 0 Å². The number of carbonyl (C=O) groups is 2. The third-order valence-electron chi connectivity index (χ3n) is 3.96. The third kappa shape index (κ3) is 3.53. The van der Waals surface area contributed by atoms with Crippen LogP contribution in [0.4, 0.5) is 0 Å². The number of hydrogen-bond acceptors (Lipinski definition) is 2. The summed E-state index contributed by atoms with van der Waals surface area (Å²) in [6.07, 6.45) is 3.82. The Morgan fingerprint density at radius 2 is 1.80 bits per heavy atom. The van der Waals surface area contributed by atoms with Gasteiger partial charge in [-0.2, -0.15) is 0 Å². The molecule has 0 saturated heterocycles. The van der Waals surface area contributed by atoms with E-state index in [1.54, 1.807) is 12.1 Å². The number of aliphatic carboxylic acids is 1. The fourth-order valence-electron chi connectivity index (χ4n) is 3.01. The van der Waals surface area contributed by atoms with Crippen LogP contribution in [0.25, 0.3) is 0 Å². The molecular formula is C15H16Cl2O3. The normalized spacial score (nSPS) is 17.1. The summed E-state index contributed by atoms with van der Waals surface area (Å²) >= 11 is 11.9. The molecule has 0 spiro atoms. The van der Waals surface area contributed by atoms with Gasteiger partial charge in [-0.05, 0) is 36.5 Å². The van der Waals surface area contributed by atoms with Gasteiger partial charge in [0.05, 0.1) is 11.4 Å². The zero-order valence-corrected chi connectivity index (χ0v) is 12.5. The Balaban J connectivity index is 2.18. The van der Waals surface area contributed by atoms with Crippen LogP contribution in [0.1, 0.15) is 48.9 Å². The maximum Gasteiger partial charge on any atom is 0.303 e. The molecule has 1 aromatic rings. The Morgan fingerprint density at radius 1 is 1.15 bits per heavy atom. The molecule has 2 rings (SSSR count). The van der Waals surface area contributed by atoms with E-state index >= 15 is 0 Å². The van der Waals surface area contributed by atoms with Gasteiger partial charge in [0.25, 0.3) is 0 Å². The van der Waals surface area contributed by atoms with Gasteiger partial charge in [0.1, 0.15) is 0 Å². The molecule has 0 atom stereocenters. The molecule has 0 amide bonds. The molecule has 0 unspecified atom stereocenters. The summed E-state index contributed by atoms with van der Waals surface area (Å²) in [5.74, 6) is -0.947. The molecule has 5 heteroatoms. The highest BCUT2D eigenvalue weighted by atomic mass is 35.5. The number of hydrogen-bond donors (Lipinski definition) is 1. The van der Waals surface area contributed by atoms with Gasteiger partial charge in [-0.1, -0.05) is 36.0 Å². The minimum Gasteiger partial charge on any atom is -0.481 e. The zero-order chi connectivity index (χ0) is 14.8. The summed E-state index contributed by atoms with van der Waals surface area (Å²) in [7, 11) is 0. The number of rotatable bonds is 5. The van der Waals surface area contributed by atoms with Gasteiger partial charge in [-0.3, -0.25) is 9.59 Å². The topological polar surface area (TPSA) is 54.4 Å². The summed E-state index contributed by atoms with van der Waals surface area (Å²) < 4.78 is 0. The van der Waals surface area contributed by atoms with Crippen molar-refractivity contribution in [3.63, 3.8) is 0 Å². The van der Waals surface area contributed by atoms with Gasteiger partial charge < -0.3 is 5.11 Å². The first-order chi connectivity index (χ1) is 9.42. The van der Waals surface area contributed by atoms with Crippen molar-refractivity contribution in [2.75, 3.05) is 0 Å². The largest absolute Gasteiger partial charge is 0.481 e. The summed E-state index contributed by atoms with van der Waals surface area (Å²) in [5, 5.41) is 9.86. The van der Waals surface area contributed by atoms with Crippen LogP contribution in [-0.2, 0) is 4.79 Å². The summed E-state index contributed by atoms with van der Waals surface area (Å²) in [5.41, 5.74) is 0.0130. The van der Waals surface area contributed by atoms with E-state index in [0.717, 1.165) is 25.7 Å². The average molecular weight is 315 g/mol. The monoisotopic (exact) mass is 314 g/mol. The molecule has 1 aliphatic carbocycles. The van der Waals surface area contributed by atoms with Crippen LogP contribution in [0, 0.1) is 5.41 Å². The van der Waals surface area contributed by atoms with Crippen molar-refractivity contribution < 1.29 is 14.7 Å². The predicted octanol–water partition coefficient (Wildman–Crippen LogP) is 4.60. The van der Waals surface area contributed by atoms with E-state index < -0.39 is 11.4 Å². The minimum absolute atomic E-state index is 0.0456. The number of halogens is 2. The van der Waals surface area contributed by atoms with E-state index in [1.165, 1.54) is 6.07 Å². The van der Waals surface area contributed by atoms with Crippen LogP contribution in [0.3, 0.4) is 0 Å². The first-order valence-corrected chi connectivity index (χ1v) is 7.38. The molecule has 108 valence electrons. The van der Waals surface area contributed by atoms with E-state index in [1.807, 2.05) is 0 Å². The van der Waals surface area contributed by atoms with Gasteiger partial charge in [0, 0.05) is 17.0 Å². The van der Waals surface area contributed by atoms with E-state index in [0.29, 0.717) is 15.6 Å². The molecule has 0 bridgehead atoms. The van der Waals surface area contributed by atoms with Crippen LogP contribution < -0.4 is 0 Å². The van der Waals surface area contributed by atoms with Crippen molar-refractivity contribution in [1.29, 1.82) is 0 Å². The fraction of sp³-hybridized carbons (Fsp3) is 0.467. The number of carboxylic acid groups (broad SMARTS) is 1. The molecule has 0 heterocycles. The van der Waals surface area contributed by atoms with Crippen LogP contribution in [0.15, 0.2) is 18.2 Å². The van der Waals surface area contributed by atoms with Crippen molar-refractivity contribution in [3.8, 4) is 0 Å². The van der Waals surface area contributed by atoms with E-state index in [9.17, 15) is 9.59 Å². The van der Waals surface area contributed by atoms with Gasteiger partial charge in [-0.15, -0.1) is 0 Å². The maximum atomic E-state index is 12.4. The molecule has 1 aliphatic rings. The Bertz CT molecular complexity index is 534. The standard InChI is InChI=1S/C15H16Cl2O3/c16-10-3-4-11(12(17)7-10)13(18)8-15(9-14(19)20)5-1-2-6-15/h3-4,7H,1-2,5-6,8-9H2,(H,19,20). The summed E-state index contributed by atoms with van der Waals surface area (Å²) in [4.78, 5) is 23.4. The second kappa shape index (κ2) is 6.15. The Kier molecular flexibility index (Phi) is 4.71. The first-order valence-electron chi connectivity index (χ1n) is 6.62. The first kappa shape index (κ1) is 15.3. The predicted molar refractivity (Wildman–Crippen MR) is 78.6 cm³/mol. The minimum atomic E-state index is -0.845. The molecule has 3 nitrogen and oxygen atoms in total. The SMILES string of the molecule is O=C(O)CC1(CC(=O)c2ccc(Cl)cc2Cl)CCCC1. The lowest BCUT2D eigenvalue weighted by atomic mass is 9.77. The zero-order valence-electron chi connectivity index (χ0n) is 11.0. The molecular weight excluding hydrogens is 299 g/mol. The Hall–Kier alpha value is -1.06. The number of ketones is 1. The number of carbonyl (C=O) groups excluding carboxylic acids is 1. The lowest BCUT2D eigenvalue weighted by Crippen LogP contribution is -2.24. The molecule has 20 heavy (non-hydrogen) atoms. The number of Topliss-reactive ketones (excluding diaryl/α,β-unsaturated/α-hetero) is 1. The lowest BCUT2D eigenvalue weighted by Gasteiger charge is -2.26. The van der Waals surface area contributed by atoms with Gasteiger partial charge in [0.15, 0.2) is 5.78 Å². The summed E-state index contributed by atoms with van der Waals surface area (Å²) in [6, 6.07) is 4.77. The van der Waals surface area contributed by atoms with Crippen molar-refractivity contribution in [1.82, 2.24) is 0 Å². The van der Waals surface area contributed by atoms with Gasteiger partial charge in [0.2, 0.25) is 0 Å². The second-order valence-electron chi connectivity index (χ2n) is 5.50. The smallest absolute Gasteiger partial charge is 0.303 e. The van der Waals surface area contributed by atoms with Crippen LogP contribution in [0.5, 0.6) is 0 Å². The van der Waals surface area contributed by atoms with Crippen LogP contribution in [-0.4, -0.2) is 16.9 Å². The molecule has 1 aromatic carbocycles. The van der Waals surface area contributed by atoms with Gasteiger partial charge in [-0.25, -0.2) is 0 Å². The molecule has 0 aromatic heterocycles. The molecule has 1 N–H and O–H groups in total. The Morgan fingerprint density at radius 3 is 2.35 bits per heavy atom. The highest BCUT2D eigenvalue weighted by Crippen LogP contribution is 2.45. The van der Waals surface area contributed by atoms with Crippen molar-refractivity contribution in [2.24, 2.45) is 5.41 Å². The molecule has 0 radical (unpaired) electrons. The maximum absolute atomic E-state index is 12.4. The van der Waals surface area contributed by atoms with E-state index in [4.69, 9.17) is 28.3 Å². The third-order valence-corrected chi connectivity index (χ3v) is 4.51.